The molecule has 1 aliphatic heterocycles. The Morgan fingerprint density at radius 2 is 1.75 bits per heavy atom. The van der Waals surface area contributed by atoms with E-state index in [0.717, 1.165) is 26.1 Å². The highest BCUT2D eigenvalue weighted by molar-refractivity contribution is 5.93. The molecule has 5 nitrogen and oxygen atoms in total. The maximum atomic E-state index is 11.1. The maximum Gasteiger partial charge on any atom is 0.318 e. The number of nitrogens with one attached hydrogen (secondary N) is 1. The fourth-order valence-corrected chi connectivity index (χ4v) is 2.02. The number of hydrogen-bond acceptors (Lipinski definition) is 3. The second kappa shape index (κ2) is 7.22. The van der Waals surface area contributed by atoms with Crippen LogP contribution in [0.1, 0.15) is 38.5 Å². The van der Waals surface area contributed by atoms with Crippen LogP contribution in [0.25, 0.3) is 0 Å². The Morgan fingerprint density at radius 1 is 1.12 bits per heavy atom. The molecule has 0 radical (unpaired) electrons. The third-order valence-electron chi connectivity index (χ3n) is 2.84. The van der Waals surface area contributed by atoms with Crippen molar-refractivity contribution in [1.82, 2.24) is 10.2 Å². The Labute approximate surface area is 96.4 Å². The Bertz CT molecular complexity index is 235. The van der Waals surface area contributed by atoms with E-state index in [1.54, 1.807) is 0 Å². The lowest BCUT2D eigenvalue weighted by Gasteiger charge is -2.19. The van der Waals surface area contributed by atoms with Gasteiger partial charge in [0.15, 0.2) is 0 Å². The standard InChI is InChI=1S/C11H21N3O2/c12-11(16)13-10(15)6-5-9-14-7-3-1-2-4-8-14/h1-9H2,(H3,12,13,15,16). The van der Waals surface area contributed by atoms with Gasteiger partial charge in [-0.15, -0.1) is 0 Å². The van der Waals surface area contributed by atoms with Crippen LogP contribution in [0, 0.1) is 0 Å². The van der Waals surface area contributed by atoms with Crippen molar-refractivity contribution in [3.8, 4) is 0 Å². The molecule has 3 N–H and O–H groups in total. The average molecular weight is 227 g/mol. The summed E-state index contributed by atoms with van der Waals surface area (Å²) in [5.74, 6) is -0.276. The highest BCUT2D eigenvalue weighted by Gasteiger charge is 2.09. The van der Waals surface area contributed by atoms with Gasteiger partial charge in [0.2, 0.25) is 5.91 Å². The molecular formula is C11H21N3O2. The quantitative estimate of drug-likeness (QED) is 0.747. The van der Waals surface area contributed by atoms with Crippen molar-refractivity contribution >= 4 is 11.9 Å². The van der Waals surface area contributed by atoms with Gasteiger partial charge in [0.25, 0.3) is 0 Å². The first-order valence-electron chi connectivity index (χ1n) is 6.00. The molecule has 1 aliphatic rings. The molecule has 1 rings (SSSR count). The molecule has 0 spiro atoms. The molecule has 1 saturated heterocycles. The van der Waals surface area contributed by atoms with Crippen LogP contribution in [0.15, 0.2) is 0 Å². The molecule has 0 aromatic heterocycles. The highest BCUT2D eigenvalue weighted by Crippen LogP contribution is 2.10. The number of nitrogens with two attached hydrogens (primary N) is 1. The SMILES string of the molecule is NC(=O)NC(=O)CCCN1CCCCCC1. The van der Waals surface area contributed by atoms with E-state index >= 15 is 0 Å². The number of carbonyl (C=O) groups is 2. The summed E-state index contributed by atoms with van der Waals surface area (Å²) in [4.78, 5) is 23.9. The molecule has 1 heterocycles. The molecule has 92 valence electrons. The molecule has 5 heteroatoms. The average Bonchev–Trinajstić information content (AvgIpc) is 2.45. The van der Waals surface area contributed by atoms with Crippen molar-refractivity contribution in [3.63, 3.8) is 0 Å². The van der Waals surface area contributed by atoms with Gasteiger partial charge in [-0.05, 0) is 38.9 Å². The van der Waals surface area contributed by atoms with Crippen LogP contribution in [0.3, 0.4) is 0 Å². The molecule has 0 saturated carbocycles. The monoisotopic (exact) mass is 227 g/mol. The Kier molecular flexibility index (Phi) is 5.85. The van der Waals surface area contributed by atoms with Gasteiger partial charge in [-0.3, -0.25) is 10.1 Å². The van der Waals surface area contributed by atoms with Gasteiger partial charge in [0.05, 0.1) is 0 Å². The second-order valence-electron chi connectivity index (χ2n) is 4.27. The summed E-state index contributed by atoms with van der Waals surface area (Å²) in [6.07, 6.45) is 6.32. The molecule has 0 atom stereocenters. The van der Waals surface area contributed by atoms with Gasteiger partial charge < -0.3 is 10.6 Å². The number of carbonyl (C=O) groups excluding carboxylic acids is 2. The summed E-state index contributed by atoms with van der Waals surface area (Å²) in [6, 6.07) is -0.764. The lowest BCUT2D eigenvalue weighted by Crippen LogP contribution is -2.35. The van der Waals surface area contributed by atoms with E-state index in [-0.39, 0.29) is 5.91 Å². The zero-order valence-corrected chi connectivity index (χ0v) is 9.71. The molecule has 1 fully saturated rings. The van der Waals surface area contributed by atoms with E-state index in [9.17, 15) is 9.59 Å². The molecular weight excluding hydrogens is 206 g/mol. The normalized spacial score (nSPS) is 17.8. The summed E-state index contributed by atoms with van der Waals surface area (Å²) in [5.41, 5.74) is 4.85. The lowest BCUT2D eigenvalue weighted by molar-refractivity contribution is -0.120. The minimum atomic E-state index is -0.764. The van der Waals surface area contributed by atoms with E-state index in [1.165, 1.54) is 25.7 Å². The third-order valence-corrected chi connectivity index (χ3v) is 2.84. The van der Waals surface area contributed by atoms with Crippen LogP contribution in [0.5, 0.6) is 0 Å². The fraction of sp³-hybridized carbons (Fsp3) is 0.818. The summed E-state index contributed by atoms with van der Waals surface area (Å²) >= 11 is 0. The lowest BCUT2D eigenvalue weighted by atomic mass is 10.2. The van der Waals surface area contributed by atoms with Crippen LogP contribution >= 0.6 is 0 Å². The van der Waals surface area contributed by atoms with Gasteiger partial charge >= 0.3 is 6.03 Å². The first-order chi connectivity index (χ1) is 7.68. The Hall–Kier alpha value is -1.10. The van der Waals surface area contributed by atoms with Crippen molar-refractivity contribution in [3.05, 3.63) is 0 Å². The predicted octanol–water partition coefficient (Wildman–Crippen LogP) is 0.837. The van der Waals surface area contributed by atoms with E-state index in [4.69, 9.17) is 5.73 Å². The van der Waals surface area contributed by atoms with Gasteiger partial charge in [-0.25, -0.2) is 4.79 Å². The van der Waals surface area contributed by atoms with E-state index < -0.39 is 6.03 Å². The zero-order chi connectivity index (χ0) is 11.8. The van der Waals surface area contributed by atoms with Crippen LogP contribution < -0.4 is 11.1 Å². The van der Waals surface area contributed by atoms with Gasteiger partial charge in [0, 0.05) is 6.42 Å². The van der Waals surface area contributed by atoms with Crippen molar-refractivity contribution in [2.75, 3.05) is 19.6 Å². The van der Waals surface area contributed by atoms with Gasteiger partial charge in [-0.1, -0.05) is 12.8 Å². The molecule has 16 heavy (non-hydrogen) atoms. The third kappa shape index (κ3) is 5.70. The molecule has 0 aliphatic carbocycles. The number of imide groups is 1. The number of hydrogen-bond donors (Lipinski definition) is 2. The number of nitrogens with zero attached hydrogens (tertiary/aromatic N) is 1. The topological polar surface area (TPSA) is 75.4 Å². The van der Waals surface area contributed by atoms with Crippen LogP contribution in [-0.2, 0) is 4.79 Å². The minimum absolute atomic E-state index is 0.276. The Morgan fingerprint density at radius 3 is 2.31 bits per heavy atom. The number of likely N-dealkylation sites (tertiary alicyclic amines) is 1. The summed E-state index contributed by atoms with van der Waals surface area (Å²) in [7, 11) is 0. The van der Waals surface area contributed by atoms with Crippen molar-refractivity contribution in [2.45, 2.75) is 38.5 Å². The first kappa shape index (κ1) is 13.0. The number of rotatable bonds is 4. The molecule has 0 aromatic rings. The molecule has 0 bridgehead atoms. The van der Waals surface area contributed by atoms with Gasteiger partial charge in [-0.2, -0.15) is 0 Å². The fourth-order valence-electron chi connectivity index (χ4n) is 2.02. The van der Waals surface area contributed by atoms with E-state index in [0.29, 0.717) is 6.42 Å². The zero-order valence-electron chi connectivity index (χ0n) is 9.71. The molecule has 3 amide bonds. The van der Waals surface area contributed by atoms with Crippen molar-refractivity contribution in [1.29, 1.82) is 0 Å². The Balaban J connectivity index is 2.09. The first-order valence-corrected chi connectivity index (χ1v) is 6.00. The number of amides is 3. The van der Waals surface area contributed by atoms with Crippen LogP contribution in [0.4, 0.5) is 4.79 Å². The summed E-state index contributed by atoms with van der Waals surface area (Å²) in [6.45, 7) is 3.21. The van der Waals surface area contributed by atoms with Crippen molar-refractivity contribution in [2.24, 2.45) is 5.73 Å². The van der Waals surface area contributed by atoms with E-state index in [1.807, 2.05) is 0 Å². The summed E-state index contributed by atoms with van der Waals surface area (Å²) < 4.78 is 0. The number of urea groups is 1. The predicted molar refractivity (Wildman–Crippen MR) is 61.9 cm³/mol. The number of primary amides is 1. The van der Waals surface area contributed by atoms with Crippen LogP contribution in [-0.4, -0.2) is 36.5 Å². The summed E-state index contributed by atoms with van der Waals surface area (Å²) in [5, 5.41) is 2.07. The van der Waals surface area contributed by atoms with E-state index in [2.05, 4.69) is 10.2 Å². The highest BCUT2D eigenvalue weighted by atomic mass is 16.2. The molecule has 0 unspecified atom stereocenters. The van der Waals surface area contributed by atoms with Gasteiger partial charge in [0.1, 0.15) is 0 Å². The van der Waals surface area contributed by atoms with Crippen LogP contribution in [0.2, 0.25) is 0 Å². The smallest absolute Gasteiger partial charge is 0.318 e. The second-order valence-corrected chi connectivity index (χ2v) is 4.27. The minimum Gasteiger partial charge on any atom is -0.351 e. The largest absolute Gasteiger partial charge is 0.351 e. The van der Waals surface area contributed by atoms with Crippen molar-refractivity contribution < 1.29 is 9.59 Å². The maximum absolute atomic E-state index is 11.1. The molecule has 0 aromatic carbocycles.